The number of aliphatic carboxylic acids is 1. The summed E-state index contributed by atoms with van der Waals surface area (Å²) in [5, 5.41) is 9.03. The summed E-state index contributed by atoms with van der Waals surface area (Å²) in [4.78, 5) is 13.3. The molecular weight excluding hydrogens is 202 g/mol. The number of carboxylic acid groups (broad SMARTS) is 1. The molecule has 0 heterocycles. The van der Waals surface area contributed by atoms with Gasteiger partial charge in [-0.05, 0) is 33.7 Å². The lowest BCUT2D eigenvalue weighted by atomic mass is 10.0. The second-order valence-corrected chi connectivity index (χ2v) is 4.91. The third-order valence-electron chi connectivity index (χ3n) is 3.32. The summed E-state index contributed by atoms with van der Waals surface area (Å²) < 4.78 is 0. The highest BCUT2D eigenvalue weighted by Gasteiger charge is 2.26. The van der Waals surface area contributed by atoms with Crippen LogP contribution in [0.15, 0.2) is 0 Å². The van der Waals surface area contributed by atoms with E-state index in [-0.39, 0.29) is 12.0 Å². The number of rotatable bonds is 8. The summed E-state index contributed by atoms with van der Waals surface area (Å²) >= 11 is 0. The molecule has 0 bridgehead atoms. The van der Waals surface area contributed by atoms with Crippen molar-refractivity contribution in [1.82, 2.24) is 4.90 Å². The fourth-order valence-corrected chi connectivity index (χ4v) is 1.97. The van der Waals surface area contributed by atoms with E-state index in [1.165, 1.54) is 12.8 Å². The zero-order chi connectivity index (χ0) is 12.7. The largest absolute Gasteiger partial charge is 0.481 e. The zero-order valence-corrected chi connectivity index (χ0v) is 11.4. The van der Waals surface area contributed by atoms with Crippen LogP contribution in [0.5, 0.6) is 0 Å². The van der Waals surface area contributed by atoms with Crippen molar-refractivity contribution in [3.8, 4) is 0 Å². The Balaban J connectivity index is 4.34. The maximum absolute atomic E-state index is 11.0. The lowest BCUT2D eigenvalue weighted by Gasteiger charge is -2.34. The second kappa shape index (κ2) is 7.66. The van der Waals surface area contributed by atoms with Gasteiger partial charge < -0.3 is 5.11 Å². The van der Waals surface area contributed by atoms with Crippen LogP contribution < -0.4 is 0 Å². The van der Waals surface area contributed by atoms with Crippen molar-refractivity contribution in [2.75, 3.05) is 6.54 Å². The maximum Gasteiger partial charge on any atom is 0.307 e. The van der Waals surface area contributed by atoms with Gasteiger partial charge in [-0.15, -0.1) is 0 Å². The first-order chi connectivity index (χ1) is 7.41. The van der Waals surface area contributed by atoms with Gasteiger partial charge in [0.15, 0.2) is 0 Å². The molecule has 0 radical (unpaired) electrons. The zero-order valence-electron chi connectivity index (χ0n) is 11.4. The molecule has 0 rings (SSSR count). The van der Waals surface area contributed by atoms with Gasteiger partial charge in [0, 0.05) is 12.1 Å². The Hall–Kier alpha value is -0.570. The average molecular weight is 229 g/mol. The van der Waals surface area contributed by atoms with Gasteiger partial charge in [-0.3, -0.25) is 9.69 Å². The molecule has 0 aromatic heterocycles. The van der Waals surface area contributed by atoms with Crippen molar-refractivity contribution < 1.29 is 9.90 Å². The molecule has 0 saturated carbocycles. The Morgan fingerprint density at radius 2 is 1.75 bits per heavy atom. The molecule has 0 saturated heterocycles. The molecule has 2 unspecified atom stereocenters. The van der Waals surface area contributed by atoms with Crippen LogP contribution in [-0.2, 0) is 4.79 Å². The Kier molecular flexibility index (Phi) is 7.39. The normalized spacial score (nSPS) is 15.4. The monoisotopic (exact) mass is 229 g/mol. The summed E-state index contributed by atoms with van der Waals surface area (Å²) in [6.45, 7) is 11.3. The van der Waals surface area contributed by atoms with Gasteiger partial charge in [0.1, 0.15) is 0 Å². The number of unbranched alkanes of at least 4 members (excludes halogenated alkanes) is 2. The molecule has 0 aliphatic carbocycles. The molecule has 0 aromatic carbocycles. The van der Waals surface area contributed by atoms with Crippen LogP contribution in [0.4, 0.5) is 0 Å². The van der Waals surface area contributed by atoms with E-state index in [0.29, 0.717) is 6.04 Å². The van der Waals surface area contributed by atoms with Crippen molar-refractivity contribution in [3.63, 3.8) is 0 Å². The van der Waals surface area contributed by atoms with Crippen LogP contribution in [0, 0.1) is 5.92 Å². The van der Waals surface area contributed by atoms with Gasteiger partial charge in [0.05, 0.1) is 5.92 Å². The Morgan fingerprint density at radius 1 is 1.19 bits per heavy atom. The van der Waals surface area contributed by atoms with E-state index in [4.69, 9.17) is 5.11 Å². The smallest absolute Gasteiger partial charge is 0.307 e. The summed E-state index contributed by atoms with van der Waals surface area (Å²) in [7, 11) is 0. The predicted molar refractivity (Wildman–Crippen MR) is 67.6 cm³/mol. The van der Waals surface area contributed by atoms with E-state index in [2.05, 4.69) is 25.7 Å². The fourth-order valence-electron chi connectivity index (χ4n) is 1.97. The Bertz CT molecular complexity index is 204. The van der Waals surface area contributed by atoms with Gasteiger partial charge in [0.2, 0.25) is 0 Å². The number of nitrogens with zero attached hydrogens (tertiary/aromatic N) is 1. The van der Waals surface area contributed by atoms with Crippen molar-refractivity contribution in [1.29, 1.82) is 0 Å². The molecule has 2 atom stereocenters. The van der Waals surface area contributed by atoms with Gasteiger partial charge >= 0.3 is 5.97 Å². The molecule has 0 fully saturated rings. The lowest BCUT2D eigenvalue weighted by Crippen LogP contribution is -2.44. The highest BCUT2D eigenvalue weighted by molar-refractivity contribution is 5.70. The first kappa shape index (κ1) is 15.4. The van der Waals surface area contributed by atoms with E-state index < -0.39 is 5.97 Å². The summed E-state index contributed by atoms with van der Waals surface area (Å²) in [5.74, 6) is -1.00. The molecule has 96 valence electrons. The highest BCUT2D eigenvalue weighted by Crippen LogP contribution is 2.15. The lowest BCUT2D eigenvalue weighted by molar-refractivity contribution is -0.143. The quantitative estimate of drug-likeness (QED) is 0.650. The van der Waals surface area contributed by atoms with Crippen molar-refractivity contribution >= 4 is 5.97 Å². The summed E-state index contributed by atoms with van der Waals surface area (Å²) in [6.07, 6.45) is 3.58. The molecule has 0 aromatic rings. The van der Waals surface area contributed by atoms with Crippen LogP contribution in [0.2, 0.25) is 0 Å². The molecular formula is C13H27NO2. The van der Waals surface area contributed by atoms with Crippen molar-refractivity contribution in [3.05, 3.63) is 0 Å². The van der Waals surface area contributed by atoms with E-state index >= 15 is 0 Å². The third kappa shape index (κ3) is 4.97. The first-order valence-electron chi connectivity index (χ1n) is 6.40. The molecule has 0 aliphatic rings. The van der Waals surface area contributed by atoms with Gasteiger partial charge in [-0.2, -0.15) is 0 Å². The van der Waals surface area contributed by atoms with Crippen LogP contribution in [-0.4, -0.2) is 34.6 Å². The molecule has 3 nitrogen and oxygen atoms in total. The second-order valence-electron chi connectivity index (χ2n) is 4.91. The minimum atomic E-state index is -0.700. The molecule has 16 heavy (non-hydrogen) atoms. The number of carbonyl (C=O) groups is 1. The van der Waals surface area contributed by atoms with Gasteiger partial charge in [-0.25, -0.2) is 0 Å². The minimum Gasteiger partial charge on any atom is -0.481 e. The standard InChI is InChI=1S/C13H27NO2/c1-6-7-8-9-14(10(2)3)12(5)11(4)13(15)16/h10-12H,6-9H2,1-5H3,(H,15,16). The average Bonchev–Trinajstić information content (AvgIpc) is 2.21. The van der Waals surface area contributed by atoms with Crippen molar-refractivity contribution in [2.24, 2.45) is 5.92 Å². The number of hydrogen-bond donors (Lipinski definition) is 1. The van der Waals surface area contributed by atoms with Crippen LogP contribution in [0.25, 0.3) is 0 Å². The van der Waals surface area contributed by atoms with E-state index in [9.17, 15) is 4.79 Å². The summed E-state index contributed by atoms with van der Waals surface area (Å²) in [6, 6.07) is 0.517. The fraction of sp³-hybridized carbons (Fsp3) is 0.923. The summed E-state index contributed by atoms with van der Waals surface area (Å²) in [5.41, 5.74) is 0. The van der Waals surface area contributed by atoms with E-state index in [1.807, 2.05) is 6.92 Å². The predicted octanol–water partition coefficient (Wildman–Crippen LogP) is 3.00. The molecule has 0 amide bonds. The van der Waals surface area contributed by atoms with E-state index in [0.717, 1.165) is 13.0 Å². The van der Waals surface area contributed by atoms with Crippen LogP contribution in [0.1, 0.15) is 53.9 Å². The van der Waals surface area contributed by atoms with Gasteiger partial charge in [0.25, 0.3) is 0 Å². The Labute approximate surface area is 99.8 Å². The highest BCUT2D eigenvalue weighted by atomic mass is 16.4. The maximum atomic E-state index is 11.0. The number of carboxylic acids is 1. The first-order valence-corrected chi connectivity index (χ1v) is 6.40. The molecule has 1 N–H and O–H groups in total. The van der Waals surface area contributed by atoms with Crippen LogP contribution >= 0.6 is 0 Å². The SMILES string of the molecule is CCCCCN(C(C)C)C(C)C(C)C(=O)O. The topological polar surface area (TPSA) is 40.5 Å². The van der Waals surface area contributed by atoms with Crippen molar-refractivity contribution in [2.45, 2.75) is 66.0 Å². The third-order valence-corrected chi connectivity index (χ3v) is 3.32. The molecule has 0 aliphatic heterocycles. The minimum absolute atomic E-state index is 0.106. The number of hydrogen-bond acceptors (Lipinski definition) is 2. The molecule has 3 heteroatoms. The molecule has 0 spiro atoms. The Morgan fingerprint density at radius 3 is 2.12 bits per heavy atom. The van der Waals surface area contributed by atoms with E-state index in [1.54, 1.807) is 6.92 Å². The van der Waals surface area contributed by atoms with Gasteiger partial charge in [-0.1, -0.05) is 26.7 Å². The van der Waals surface area contributed by atoms with Crippen LogP contribution in [0.3, 0.4) is 0 Å².